The molecule has 1 unspecified atom stereocenters. The third-order valence-electron chi connectivity index (χ3n) is 4.07. The molecule has 3 rings (SSSR count). The highest BCUT2D eigenvalue weighted by atomic mass is 19.3. The van der Waals surface area contributed by atoms with Gasteiger partial charge in [0.2, 0.25) is 0 Å². The lowest BCUT2D eigenvalue weighted by atomic mass is 9.89. The Bertz CT molecular complexity index is 664. The second-order valence-electron chi connectivity index (χ2n) is 5.96. The monoisotopic (exact) mass is 321 g/mol. The molecule has 0 saturated heterocycles. The van der Waals surface area contributed by atoms with E-state index in [1.165, 1.54) is 0 Å². The summed E-state index contributed by atoms with van der Waals surface area (Å²) in [6.07, 6.45) is 1.86. The number of rotatable bonds is 2. The van der Waals surface area contributed by atoms with Gasteiger partial charge in [0.15, 0.2) is 0 Å². The van der Waals surface area contributed by atoms with Crippen LogP contribution in [0.4, 0.5) is 14.5 Å². The summed E-state index contributed by atoms with van der Waals surface area (Å²) in [6, 6.07) is 3.56. The molecule has 0 bridgehead atoms. The molecule has 0 aliphatic carbocycles. The lowest BCUT2D eigenvalue weighted by Gasteiger charge is -2.32. The van der Waals surface area contributed by atoms with Gasteiger partial charge in [-0.3, -0.25) is 4.68 Å². The zero-order chi connectivity index (χ0) is 17.1. The Morgan fingerprint density at radius 1 is 1.22 bits per heavy atom. The van der Waals surface area contributed by atoms with E-state index >= 15 is 0 Å². The molecule has 1 aromatic carbocycles. The zero-order valence-electron chi connectivity index (χ0n) is 14.5. The fourth-order valence-corrected chi connectivity index (χ4v) is 3.16. The van der Waals surface area contributed by atoms with Crippen LogP contribution < -0.4 is 4.90 Å². The highest BCUT2D eigenvalue weighted by Gasteiger charge is 2.24. The van der Waals surface area contributed by atoms with Crippen molar-refractivity contribution in [3.63, 3.8) is 0 Å². The Hall–Kier alpha value is -1.91. The van der Waals surface area contributed by atoms with Gasteiger partial charge >= 0.3 is 0 Å². The summed E-state index contributed by atoms with van der Waals surface area (Å²) < 4.78 is 28.5. The third-order valence-corrected chi connectivity index (χ3v) is 4.07. The highest BCUT2D eigenvalue weighted by Crippen LogP contribution is 2.39. The smallest absolute Gasteiger partial charge is 0.264 e. The summed E-state index contributed by atoms with van der Waals surface area (Å²) in [5, 5.41) is 4.10. The largest absolute Gasteiger partial charge is 0.374 e. The van der Waals surface area contributed by atoms with Crippen molar-refractivity contribution in [1.29, 1.82) is 0 Å². The molecule has 0 fully saturated rings. The van der Waals surface area contributed by atoms with Gasteiger partial charge in [-0.25, -0.2) is 8.78 Å². The number of hydrogen-bond donors (Lipinski definition) is 0. The van der Waals surface area contributed by atoms with E-state index in [0.29, 0.717) is 11.5 Å². The standard InChI is InChI=1S/C16H19F2N3.C2H6/c1-10-4-11-5-13(12-7-19-21(3)9-12)14(16(17)18)6-15(11)20(2)8-10;1-2/h5-7,9-10,16H,4,8H2,1-3H3;1-2H3. The van der Waals surface area contributed by atoms with Crippen LogP contribution in [0.25, 0.3) is 11.1 Å². The first-order chi connectivity index (χ1) is 11.0. The molecule has 1 aromatic heterocycles. The van der Waals surface area contributed by atoms with E-state index in [4.69, 9.17) is 0 Å². The van der Waals surface area contributed by atoms with Crippen LogP contribution in [0, 0.1) is 5.92 Å². The SMILES string of the molecule is CC.CC1Cc2cc(-c3cnn(C)c3)c(C(F)F)cc2N(C)C1. The molecular formula is C18H25F2N3. The van der Waals surface area contributed by atoms with Crippen LogP contribution in [0.3, 0.4) is 0 Å². The molecule has 0 spiro atoms. The summed E-state index contributed by atoms with van der Waals surface area (Å²) in [5.41, 5.74) is 3.49. The molecule has 1 atom stereocenters. The van der Waals surface area contributed by atoms with Crippen LogP contribution in [0.1, 0.15) is 38.3 Å². The van der Waals surface area contributed by atoms with Gasteiger partial charge < -0.3 is 4.90 Å². The van der Waals surface area contributed by atoms with Crippen molar-refractivity contribution in [2.24, 2.45) is 13.0 Å². The van der Waals surface area contributed by atoms with Crippen molar-refractivity contribution in [3.05, 3.63) is 35.7 Å². The molecular weight excluding hydrogens is 296 g/mol. The Labute approximate surface area is 136 Å². The Balaban J connectivity index is 0.000000924. The maximum atomic E-state index is 13.4. The first-order valence-corrected chi connectivity index (χ1v) is 8.11. The average Bonchev–Trinajstić information content (AvgIpc) is 2.94. The van der Waals surface area contributed by atoms with Crippen LogP contribution >= 0.6 is 0 Å². The second kappa shape index (κ2) is 7.11. The van der Waals surface area contributed by atoms with E-state index in [9.17, 15) is 8.78 Å². The lowest BCUT2D eigenvalue weighted by Crippen LogP contribution is -2.30. The van der Waals surface area contributed by atoms with Crippen molar-refractivity contribution in [2.45, 2.75) is 33.6 Å². The molecule has 126 valence electrons. The topological polar surface area (TPSA) is 21.1 Å². The normalized spacial score (nSPS) is 16.9. The van der Waals surface area contributed by atoms with E-state index in [1.807, 2.05) is 27.0 Å². The van der Waals surface area contributed by atoms with Gasteiger partial charge in [0.1, 0.15) is 0 Å². The Kier molecular flexibility index (Phi) is 5.39. The van der Waals surface area contributed by atoms with Gasteiger partial charge in [-0.15, -0.1) is 0 Å². The minimum absolute atomic E-state index is 0.0863. The Morgan fingerprint density at radius 3 is 2.48 bits per heavy atom. The number of anilines is 1. The predicted molar refractivity (Wildman–Crippen MR) is 91.1 cm³/mol. The number of aromatic nitrogens is 2. The number of hydrogen-bond acceptors (Lipinski definition) is 2. The fraction of sp³-hybridized carbons (Fsp3) is 0.500. The molecule has 0 amide bonds. The van der Waals surface area contributed by atoms with Gasteiger partial charge in [0.25, 0.3) is 6.43 Å². The molecule has 2 heterocycles. The van der Waals surface area contributed by atoms with Crippen LogP contribution in [0.2, 0.25) is 0 Å². The van der Waals surface area contributed by atoms with E-state index in [-0.39, 0.29) is 5.56 Å². The summed E-state index contributed by atoms with van der Waals surface area (Å²) in [6.45, 7) is 7.09. The second-order valence-corrected chi connectivity index (χ2v) is 5.96. The number of aryl methyl sites for hydroxylation is 1. The van der Waals surface area contributed by atoms with Gasteiger partial charge in [0.05, 0.1) is 6.20 Å². The summed E-state index contributed by atoms with van der Waals surface area (Å²) in [4.78, 5) is 2.07. The Morgan fingerprint density at radius 2 is 1.91 bits per heavy atom. The van der Waals surface area contributed by atoms with Crippen molar-refractivity contribution in [3.8, 4) is 11.1 Å². The van der Waals surface area contributed by atoms with Crippen molar-refractivity contribution in [1.82, 2.24) is 9.78 Å². The zero-order valence-corrected chi connectivity index (χ0v) is 14.5. The van der Waals surface area contributed by atoms with Crippen molar-refractivity contribution >= 4 is 5.69 Å². The van der Waals surface area contributed by atoms with Crippen molar-refractivity contribution < 1.29 is 8.78 Å². The fourth-order valence-electron chi connectivity index (χ4n) is 3.16. The first-order valence-electron chi connectivity index (χ1n) is 8.11. The maximum absolute atomic E-state index is 13.4. The third kappa shape index (κ3) is 3.54. The summed E-state index contributed by atoms with van der Waals surface area (Å²) in [5.74, 6) is 0.529. The first kappa shape index (κ1) is 17.4. The minimum Gasteiger partial charge on any atom is -0.374 e. The number of nitrogens with zero attached hydrogens (tertiary/aromatic N) is 3. The van der Waals surface area contributed by atoms with E-state index in [1.54, 1.807) is 30.2 Å². The molecule has 1 aliphatic rings. The van der Waals surface area contributed by atoms with E-state index in [0.717, 1.165) is 29.8 Å². The quantitative estimate of drug-likeness (QED) is 0.801. The van der Waals surface area contributed by atoms with Crippen LogP contribution in [-0.4, -0.2) is 23.4 Å². The van der Waals surface area contributed by atoms with Crippen LogP contribution in [0.5, 0.6) is 0 Å². The van der Waals surface area contributed by atoms with Gasteiger partial charge in [-0.1, -0.05) is 20.8 Å². The molecule has 23 heavy (non-hydrogen) atoms. The van der Waals surface area contributed by atoms with Gasteiger partial charge in [-0.05, 0) is 35.6 Å². The molecule has 5 heteroatoms. The summed E-state index contributed by atoms with van der Waals surface area (Å²) >= 11 is 0. The molecule has 0 saturated carbocycles. The van der Waals surface area contributed by atoms with E-state index < -0.39 is 6.43 Å². The van der Waals surface area contributed by atoms with Crippen molar-refractivity contribution in [2.75, 3.05) is 18.5 Å². The molecule has 1 aliphatic heterocycles. The van der Waals surface area contributed by atoms with Gasteiger partial charge in [-0.2, -0.15) is 5.10 Å². The summed E-state index contributed by atoms with van der Waals surface area (Å²) in [7, 11) is 3.76. The number of benzene rings is 1. The van der Waals surface area contributed by atoms with E-state index in [2.05, 4.69) is 16.9 Å². The maximum Gasteiger partial charge on any atom is 0.264 e. The number of halogens is 2. The minimum atomic E-state index is -2.49. The molecule has 0 N–H and O–H groups in total. The molecule has 3 nitrogen and oxygen atoms in total. The lowest BCUT2D eigenvalue weighted by molar-refractivity contribution is 0.152. The number of fused-ring (bicyclic) bond motifs is 1. The highest BCUT2D eigenvalue weighted by molar-refractivity contribution is 5.73. The predicted octanol–water partition coefficient (Wildman–Crippen LogP) is 4.68. The van der Waals surface area contributed by atoms with Gasteiger partial charge in [0, 0.05) is 43.7 Å². The molecule has 0 radical (unpaired) electrons. The van der Waals surface area contributed by atoms with Crippen LogP contribution in [0.15, 0.2) is 24.5 Å². The average molecular weight is 321 g/mol. The van der Waals surface area contributed by atoms with Crippen LogP contribution in [-0.2, 0) is 13.5 Å². The number of alkyl halides is 2. The molecule has 2 aromatic rings.